The van der Waals surface area contributed by atoms with E-state index in [1.165, 1.54) is 6.07 Å². The monoisotopic (exact) mass is 246 g/mol. The topological polar surface area (TPSA) is 26.3 Å². The van der Waals surface area contributed by atoms with Crippen molar-refractivity contribution in [1.29, 1.82) is 0 Å². The van der Waals surface area contributed by atoms with Gasteiger partial charge in [-0.15, -0.1) is 0 Å². The van der Waals surface area contributed by atoms with Crippen molar-refractivity contribution >= 4 is 5.78 Å². The van der Waals surface area contributed by atoms with Crippen LogP contribution in [0.15, 0.2) is 18.2 Å². The Balaban J connectivity index is 3.23. The van der Waals surface area contributed by atoms with Crippen LogP contribution >= 0.6 is 0 Å². The molecule has 0 saturated heterocycles. The summed E-state index contributed by atoms with van der Waals surface area (Å²) in [5.41, 5.74) is -0.648. The molecular weight excluding hydrogens is 233 g/mol. The molecular formula is C12H13F3O2. The van der Waals surface area contributed by atoms with E-state index in [9.17, 15) is 18.0 Å². The summed E-state index contributed by atoms with van der Waals surface area (Å²) in [6.45, 7) is 3.37. The molecule has 0 radical (unpaired) electrons. The molecule has 0 aliphatic rings. The van der Waals surface area contributed by atoms with E-state index in [1.54, 1.807) is 13.8 Å². The lowest BCUT2D eigenvalue weighted by Crippen LogP contribution is -2.11. The van der Waals surface area contributed by atoms with Crippen molar-refractivity contribution in [3.05, 3.63) is 29.3 Å². The first-order valence-corrected chi connectivity index (χ1v) is 5.06. The van der Waals surface area contributed by atoms with Gasteiger partial charge in [-0.2, -0.15) is 13.2 Å². The minimum atomic E-state index is -4.48. The van der Waals surface area contributed by atoms with Gasteiger partial charge in [-0.05, 0) is 12.1 Å². The second kappa shape index (κ2) is 4.77. The Kier molecular flexibility index (Phi) is 3.80. The smallest absolute Gasteiger partial charge is 0.419 e. The van der Waals surface area contributed by atoms with Gasteiger partial charge in [0, 0.05) is 11.5 Å². The second-order valence-corrected chi connectivity index (χ2v) is 3.93. The molecule has 5 heteroatoms. The van der Waals surface area contributed by atoms with Crippen molar-refractivity contribution in [2.45, 2.75) is 20.0 Å². The summed E-state index contributed by atoms with van der Waals surface area (Å²) in [5.74, 6) is -0.808. The fourth-order valence-corrected chi connectivity index (χ4v) is 1.41. The number of hydrogen-bond acceptors (Lipinski definition) is 2. The molecule has 0 amide bonds. The first kappa shape index (κ1) is 13.5. The lowest BCUT2D eigenvalue weighted by Gasteiger charge is -2.13. The van der Waals surface area contributed by atoms with Crippen LogP contribution in [0.4, 0.5) is 13.2 Å². The van der Waals surface area contributed by atoms with Crippen LogP contribution in [0.1, 0.15) is 29.8 Å². The molecule has 0 atom stereocenters. The quantitative estimate of drug-likeness (QED) is 0.762. The summed E-state index contributed by atoms with van der Waals surface area (Å²) in [5, 5.41) is 0. The maximum absolute atomic E-state index is 12.6. The van der Waals surface area contributed by atoms with Gasteiger partial charge in [0.05, 0.1) is 12.7 Å². The van der Waals surface area contributed by atoms with Crippen molar-refractivity contribution in [3.8, 4) is 5.75 Å². The summed E-state index contributed by atoms with van der Waals surface area (Å²) >= 11 is 0. The van der Waals surface area contributed by atoms with Crippen LogP contribution in [0.2, 0.25) is 0 Å². The highest BCUT2D eigenvalue weighted by Gasteiger charge is 2.34. The Morgan fingerprint density at radius 1 is 1.29 bits per heavy atom. The van der Waals surface area contributed by atoms with Crippen molar-refractivity contribution in [2.24, 2.45) is 5.92 Å². The van der Waals surface area contributed by atoms with Gasteiger partial charge >= 0.3 is 6.18 Å². The third-order valence-corrected chi connectivity index (χ3v) is 2.32. The molecule has 0 aliphatic carbocycles. The van der Waals surface area contributed by atoms with Crippen LogP contribution < -0.4 is 4.74 Å². The highest BCUT2D eigenvalue weighted by Crippen LogP contribution is 2.36. The van der Waals surface area contributed by atoms with Gasteiger partial charge < -0.3 is 4.74 Å². The van der Waals surface area contributed by atoms with Crippen molar-refractivity contribution < 1.29 is 22.7 Å². The Morgan fingerprint density at radius 3 is 2.29 bits per heavy atom. The zero-order valence-corrected chi connectivity index (χ0v) is 9.76. The van der Waals surface area contributed by atoms with Gasteiger partial charge in [0.25, 0.3) is 0 Å². The van der Waals surface area contributed by atoms with Gasteiger partial charge in [0.15, 0.2) is 5.78 Å². The summed E-state index contributed by atoms with van der Waals surface area (Å²) in [6, 6.07) is 3.17. The normalized spacial score (nSPS) is 11.7. The molecule has 0 aromatic heterocycles. The van der Waals surface area contributed by atoms with Gasteiger partial charge in [-0.3, -0.25) is 4.79 Å². The Hall–Kier alpha value is -1.52. The lowest BCUT2D eigenvalue weighted by atomic mass is 9.99. The maximum atomic E-state index is 12.6. The zero-order valence-electron chi connectivity index (χ0n) is 9.76. The Bertz CT molecular complexity index is 422. The Labute approximate surface area is 97.4 Å². The molecule has 1 aromatic carbocycles. The van der Waals surface area contributed by atoms with Crippen LogP contribution in [0.5, 0.6) is 5.75 Å². The van der Waals surface area contributed by atoms with Crippen molar-refractivity contribution in [2.75, 3.05) is 7.11 Å². The molecule has 0 fully saturated rings. The number of carbonyl (C=O) groups is 1. The minimum absolute atomic E-state index is 0.211. The molecule has 0 N–H and O–H groups in total. The number of carbonyl (C=O) groups excluding carboxylic acids is 1. The van der Waals surface area contributed by atoms with E-state index >= 15 is 0 Å². The van der Waals surface area contributed by atoms with E-state index in [2.05, 4.69) is 4.74 Å². The number of Topliss-reactive ketones (excluding diaryl/α,β-unsaturated/α-hetero) is 1. The number of methoxy groups -OCH3 is 1. The Morgan fingerprint density at radius 2 is 1.88 bits per heavy atom. The van der Waals surface area contributed by atoms with E-state index in [4.69, 9.17) is 0 Å². The molecule has 0 unspecified atom stereocenters. The van der Waals surface area contributed by atoms with Gasteiger partial charge in [-0.25, -0.2) is 0 Å². The molecule has 2 nitrogen and oxygen atoms in total. The third-order valence-electron chi connectivity index (χ3n) is 2.32. The van der Waals surface area contributed by atoms with E-state index in [1.807, 2.05) is 0 Å². The largest absolute Gasteiger partial charge is 0.496 e. The number of benzene rings is 1. The lowest BCUT2D eigenvalue weighted by molar-refractivity contribution is -0.138. The van der Waals surface area contributed by atoms with E-state index in [0.29, 0.717) is 0 Å². The minimum Gasteiger partial charge on any atom is -0.496 e. The first-order valence-electron chi connectivity index (χ1n) is 5.06. The van der Waals surface area contributed by atoms with Crippen LogP contribution in [0, 0.1) is 5.92 Å². The SMILES string of the molecule is COc1cc(C(=O)C(C)C)ccc1C(F)(F)F. The molecule has 1 aromatic rings. The van der Waals surface area contributed by atoms with Crippen LogP contribution in [-0.2, 0) is 6.18 Å². The number of rotatable bonds is 3. The van der Waals surface area contributed by atoms with Gasteiger partial charge in [-0.1, -0.05) is 19.9 Å². The molecule has 0 bridgehead atoms. The standard InChI is InChI=1S/C12H13F3O2/c1-7(2)11(16)8-4-5-9(12(13,14)15)10(6-8)17-3/h4-7H,1-3H3. The fraction of sp³-hybridized carbons (Fsp3) is 0.417. The predicted octanol–water partition coefficient (Wildman–Crippen LogP) is 3.55. The van der Waals surface area contributed by atoms with E-state index in [-0.39, 0.29) is 23.0 Å². The summed E-state index contributed by atoms with van der Waals surface area (Å²) in [6.07, 6.45) is -4.48. The van der Waals surface area contributed by atoms with E-state index in [0.717, 1.165) is 19.2 Å². The molecule has 17 heavy (non-hydrogen) atoms. The molecule has 0 spiro atoms. The average molecular weight is 246 g/mol. The second-order valence-electron chi connectivity index (χ2n) is 3.93. The first-order chi connectivity index (χ1) is 7.77. The summed E-state index contributed by atoms with van der Waals surface area (Å²) in [4.78, 5) is 11.6. The number of halogens is 3. The third kappa shape index (κ3) is 2.99. The molecule has 0 heterocycles. The summed E-state index contributed by atoms with van der Waals surface area (Å²) < 4.78 is 42.4. The highest BCUT2D eigenvalue weighted by molar-refractivity contribution is 5.97. The molecule has 94 valence electrons. The number of ketones is 1. The number of ether oxygens (including phenoxy) is 1. The average Bonchev–Trinajstić information content (AvgIpc) is 2.25. The maximum Gasteiger partial charge on any atom is 0.419 e. The molecule has 0 aliphatic heterocycles. The van der Waals surface area contributed by atoms with Crippen molar-refractivity contribution in [3.63, 3.8) is 0 Å². The fourth-order valence-electron chi connectivity index (χ4n) is 1.41. The predicted molar refractivity (Wildman–Crippen MR) is 57.2 cm³/mol. The van der Waals surface area contributed by atoms with Gasteiger partial charge in [0.1, 0.15) is 5.75 Å². The van der Waals surface area contributed by atoms with Crippen LogP contribution in [-0.4, -0.2) is 12.9 Å². The van der Waals surface area contributed by atoms with Crippen LogP contribution in [0.3, 0.4) is 0 Å². The zero-order chi connectivity index (χ0) is 13.2. The van der Waals surface area contributed by atoms with Crippen molar-refractivity contribution in [1.82, 2.24) is 0 Å². The molecule has 1 rings (SSSR count). The molecule has 0 saturated carbocycles. The number of hydrogen-bond donors (Lipinski definition) is 0. The summed E-state index contributed by atoms with van der Waals surface area (Å²) in [7, 11) is 1.15. The van der Waals surface area contributed by atoms with E-state index < -0.39 is 11.7 Å². The van der Waals surface area contributed by atoms with Gasteiger partial charge in [0.2, 0.25) is 0 Å². The highest BCUT2D eigenvalue weighted by atomic mass is 19.4. The van der Waals surface area contributed by atoms with Crippen LogP contribution in [0.25, 0.3) is 0 Å². The number of alkyl halides is 3.